The number of non-ortho nitro benzene ring substituents is 1. The van der Waals surface area contributed by atoms with Crippen molar-refractivity contribution in [1.82, 2.24) is 0 Å². The fourth-order valence-corrected chi connectivity index (χ4v) is 3.33. The van der Waals surface area contributed by atoms with Crippen LogP contribution >= 0.6 is 45.5 Å². The zero-order chi connectivity index (χ0) is 10.3. The van der Waals surface area contributed by atoms with Crippen LogP contribution in [-0.2, 0) is 0 Å². The van der Waals surface area contributed by atoms with E-state index in [4.69, 9.17) is 11.6 Å². The molecular formula is C8H3ClINO2S. The van der Waals surface area contributed by atoms with Gasteiger partial charge in [0.2, 0.25) is 0 Å². The van der Waals surface area contributed by atoms with Crippen molar-refractivity contribution in [1.29, 1.82) is 0 Å². The third-order valence-corrected chi connectivity index (χ3v) is 4.75. The number of hydrogen-bond donors (Lipinski definition) is 0. The lowest BCUT2D eigenvalue weighted by molar-refractivity contribution is -0.384. The van der Waals surface area contributed by atoms with E-state index in [0.717, 1.165) is 13.0 Å². The minimum atomic E-state index is -0.403. The molecule has 2 aromatic rings. The van der Waals surface area contributed by atoms with Gasteiger partial charge in [0.15, 0.2) is 0 Å². The number of benzene rings is 1. The zero-order valence-corrected chi connectivity index (χ0v) is 10.4. The summed E-state index contributed by atoms with van der Waals surface area (Å²) in [5.41, 5.74) is 0.104. The normalized spacial score (nSPS) is 10.7. The summed E-state index contributed by atoms with van der Waals surface area (Å²) in [4.78, 5) is 10.1. The molecule has 2 rings (SSSR count). The summed E-state index contributed by atoms with van der Waals surface area (Å²) < 4.78 is 1.81. The van der Waals surface area contributed by atoms with E-state index in [1.807, 2.05) is 0 Å². The highest BCUT2D eigenvalue weighted by molar-refractivity contribution is 14.1. The number of halogens is 2. The molecule has 0 N–H and O–H groups in total. The number of hydrogen-bond acceptors (Lipinski definition) is 3. The van der Waals surface area contributed by atoms with Crippen molar-refractivity contribution in [3.63, 3.8) is 0 Å². The summed E-state index contributed by atoms with van der Waals surface area (Å²) in [5, 5.41) is 12.1. The molecule has 1 aromatic carbocycles. The quantitative estimate of drug-likeness (QED) is 0.446. The molecule has 0 aliphatic heterocycles. The maximum absolute atomic E-state index is 10.5. The Morgan fingerprint density at radius 3 is 2.86 bits per heavy atom. The van der Waals surface area contributed by atoms with Crippen molar-refractivity contribution in [2.75, 3.05) is 0 Å². The molecule has 3 nitrogen and oxygen atoms in total. The van der Waals surface area contributed by atoms with Gasteiger partial charge in [0, 0.05) is 22.2 Å². The number of nitrogens with zero attached hydrogens (tertiary/aromatic N) is 1. The van der Waals surface area contributed by atoms with Crippen LogP contribution < -0.4 is 0 Å². The molecule has 1 heterocycles. The highest BCUT2D eigenvalue weighted by atomic mass is 127. The first-order valence-corrected chi connectivity index (χ1v) is 5.89. The Morgan fingerprint density at radius 2 is 2.21 bits per heavy atom. The highest BCUT2D eigenvalue weighted by Gasteiger charge is 2.12. The lowest BCUT2D eigenvalue weighted by atomic mass is 10.2. The van der Waals surface area contributed by atoms with Gasteiger partial charge in [0.1, 0.15) is 0 Å². The van der Waals surface area contributed by atoms with E-state index in [2.05, 4.69) is 22.6 Å². The lowest BCUT2D eigenvalue weighted by Gasteiger charge is -1.91. The van der Waals surface area contributed by atoms with Crippen molar-refractivity contribution in [3.8, 4) is 0 Å². The van der Waals surface area contributed by atoms with Gasteiger partial charge in [-0.05, 0) is 28.7 Å². The summed E-state index contributed by atoms with van der Waals surface area (Å²) in [6.07, 6.45) is 0. The molecule has 14 heavy (non-hydrogen) atoms. The molecular weight excluding hydrogens is 337 g/mol. The molecule has 0 unspecified atom stereocenters. The van der Waals surface area contributed by atoms with Crippen LogP contribution in [0.25, 0.3) is 10.1 Å². The minimum Gasteiger partial charge on any atom is -0.258 e. The van der Waals surface area contributed by atoms with Gasteiger partial charge < -0.3 is 0 Å². The van der Waals surface area contributed by atoms with Gasteiger partial charge in [-0.1, -0.05) is 11.6 Å². The van der Waals surface area contributed by atoms with Gasteiger partial charge in [-0.2, -0.15) is 0 Å². The zero-order valence-electron chi connectivity index (χ0n) is 6.66. The second kappa shape index (κ2) is 3.63. The molecule has 1 aromatic heterocycles. The minimum absolute atomic E-state index is 0.104. The summed E-state index contributed by atoms with van der Waals surface area (Å²) in [6.45, 7) is 0. The predicted octanol–water partition coefficient (Wildman–Crippen LogP) is 4.07. The van der Waals surface area contributed by atoms with Crippen molar-refractivity contribution in [2.45, 2.75) is 0 Å². The molecule has 0 amide bonds. The van der Waals surface area contributed by atoms with Gasteiger partial charge in [-0.25, -0.2) is 0 Å². The molecule has 0 radical (unpaired) electrons. The number of nitro groups is 1. The molecule has 0 spiro atoms. The van der Waals surface area contributed by atoms with E-state index < -0.39 is 4.92 Å². The molecule has 6 heteroatoms. The Hall–Kier alpha value is -0.400. The Labute approximate surface area is 102 Å². The maximum Gasteiger partial charge on any atom is 0.270 e. The van der Waals surface area contributed by atoms with Crippen LogP contribution in [0.15, 0.2) is 18.2 Å². The molecule has 0 atom stereocenters. The lowest BCUT2D eigenvalue weighted by Crippen LogP contribution is -1.85. The summed E-state index contributed by atoms with van der Waals surface area (Å²) in [6, 6.07) is 4.71. The molecule has 0 fully saturated rings. The first kappa shape index (κ1) is 10.1. The van der Waals surface area contributed by atoms with Crippen LogP contribution in [0.4, 0.5) is 5.69 Å². The largest absolute Gasteiger partial charge is 0.270 e. The Bertz CT molecular complexity index is 525. The van der Waals surface area contributed by atoms with E-state index in [9.17, 15) is 10.1 Å². The predicted molar refractivity (Wildman–Crippen MR) is 66.2 cm³/mol. The van der Waals surface area contributed by atoms with Crippen molar-refractivity contribution in [2.24, 2.45) is 0 Å². The van der Waals surface area contributed by atoms with Gasteiger partial charge in [0.05, 0.1) is 12.8 Å². The fraction of sp³-hybridized carbons (Fsp3) is 0. The Kier molecular flexibility index (Phi) is 2.63. The van der Waals surface area contributed by atoms with Gasteiger partial charge in [-0.15, -0.1) is 11.3 Å². The van der Waals surface area contributed by atoms with E-state index in [1.54, 1.807) is 12.1 Å². The standard InChI is InChI=1S/C8H3ClINO2S/c9-7-5-2-1-4(11(12)13)3-6(5)14-8(7)10/h1-3H. The number of rotatable bonds is 1. The second-order valence-corrected chi connectivity index (χ2v) is 5.87. The second-order valence-electron chi connectivity index (χ2n) is 2.63. The van der Waals surface area contributed by atoms with Crippen molar-refractivity contribution in [3.05, 3.63) is 36.2 Å². The SMILES string of the molecule is O=[N+]([O-])c1ccc2c(Cl)c(I)sc2c1. The monoisotopic (exact) mass is 339 g/mol. The van der Waals surface area contributed by atoms with E-state index >= 15 is 0 Å². The van der Waals surface area contributed by atoms with Gasteiger partial charge >= 0.3 is 0 Å². The fourth-order valence-electron chi connectivity index (χ4n) is 1.14. The summed E-state index contributed by atoms with van der Waals surface area (Å²) in [5.74, 6) is 0. The van der Waals surface area contributed by atoms with E-state index in [-0.39, 0.29) is 5.69 Å². The van der Waals surface area contributed by atoms with Crippen LogP contribution in [0.3, 0.4) is 0 Å². The van der Waals surface area contributed by atoms with Crippen LogP contribution in [0.5, 0.6) is 0 Å². The molecule has 0 bridgehead atoms. The summed E-state index contributed by atoms with van der Waals surface area (Å²) in [7, 11) is 0. The third-order valence-electron chi connectivity index (χ3n) is 1.78. The number of thiophene rings is 1. The van der Waals surface area contributed by atoms with Gasteiger partial charge in [0.25, 0.3) is 5.69 Å². The molecule has 0 aliphatic rings. The first-order chi connectivity index (χ1) is 6.59. The molecule has 0 saturated heterocycles. The average Bonchev–Trinajstić information content (AvgIpc) is 2.42. The molecule has 72 valence electrons. The smallest absolute Gasteiger partial charge is 0.258 e. The summed E-state index contributed by atoms with van der Waals surface area (Å²) >= 11 is 9.59. The van der Waals surface area contributed by atoms with Crippen LogP contribution in [0, 0.1) is 13.0 Å². The highest BCUT2D eigenvalue weighted by Crippen LogP contribution is 2.37. The number of fused-ring (bicyclic) bond motifs is 1. The van der Waals surface area contributed by atoms with Crippen LogP contribution in [-0.4, -0.2) is 4.92 Å². The van der Waals surface area contributed by atoms with Crippen molar-refractivity contribution < 1.29 is 4.92 Å². The average molecular weight is 340 g/mol. The molecule has 0 aliphatic carbocycles. The Morgan fingerprint density at radius 1 is 1.50 bits per heavy atom. The van der Waals surface area contributed by atoms with Crippen molar-refractivity contribution >= 4 is 61.3 Å². The van der Waals surface area contributed by atoms with Crippen LogP contribution in [0.2, 0.25) is 5.02 Å². The topological polar surface area (TPSA) is 43.1 Å². The first-order valence-electron chi connectivity index (χ1n) is 3.61. The van der Waals surface area contributed by atoms with E-state index in [1.165, 1.54) is 17.4 Å². The number of nitro benzene ring substituents is 1. The maximum atomic E-state index is 10.5. The van der Waals surface area contributed by atoms with Gasteiger partial charge in [-0.3, -0.25) is 10.1 Å². The molecule has 0 saturated carbocycles. The third kappa shape index (κ3) is 1.59. The van der Waals surface area contributed by atoms with E-state index in [0.29, 0.717) is 5.02 Å². The van der Waals surface area contributed by atoms with Crippen LogP contribution in [0.1, 0.15) is 0 Å². The Balaban J connectivity index is 2.73.